The van der Waals surface area contributed by atoms with E-state index in [1.807, 2.05) is 0 Å². The average molecular weight is 262 g/mol. The quantitative estimate of drug-likeness (QED) is 0.906. The van der Waals surface area contributed by atoms with Crippen molar-refractivity contribution in [2.45, 2.75) is 51.8 Å². The van der Waals surface area contributed by atoms with Crippen LogP contribution in [-0.2, 0) is 4.74 Å². The summed E-state index contributed by atoms with van der Waals surface area (Å²) in [4.78, 5) is 2.49. The Morgan fingerprint density at radius 3 is 2.79 bits per heavy atom. The van der Waals surface area contributed by atoms with E-state index in [4.69, 9.17) is 10.5 Å². The Balaban J connectivity index is 2.33. The van der Waals surface area contributed by atoms with Gasteiger partial charge in [-0.3, -0.25) is 0 Å². The number of hydrogen-bond acceptors (Lipinski definition) is 3. The van der Waals surface area contributed by atoms with Gasteiger partial charge in [-0.25, -0.2) is 0 Å². The van der Waals surface area contributed by atoms with Crippen molar-refractivity contribution in [3.05, 3.63) is 29.8 Å². The van der Waals surface area contributed by atoms with Gasteiger partial charge in [0.25, 0.3) is 0 Å². The van der Waals surface area contributed by atoms with E-state index in [1.54, 1.807) is 0 Å². The van der Waals surface area contributed by atoms with Crippen LogP contribution in [-0.4, -0.2) is 25.3 Å². The summed E-state index contributed by atoms with van der Waals surface area (Å²) in [5.74, 6) is 0. The van der Waals surface area contributed by atoms with Crippen LogP contribution in [0.4, 0.5) is 5.69 Å². The molecule has 1 fully saturated rings. The molecule has 3 heteroatoms. The summed E-state index contributed by atoms with van der Waals surface area (Å²) in [7, 11) is 0. The van der Waals surface area contributed by atoms with Gasteiger partial charge in [-0.1, -0.05) is 32.0 Å². The molecule has 1 aromatic rings. The molecule has 2 rings (SSSR count). The first-order chi connectivity index (χ1) is 9.17. The predicted molar refractivity (Wildman–Crippen MR) is 80.5 cm³/mol. The van der Waals surface area contributed by atoms with Crippen molar-refractivity contribution in [2.75, 3.05) is 18.1 Å². The molecule has 0 spiro atoms. The second-order valence-electron chi connectivity index (χ2n) is 5.43. The molecule has 1 aliphatic heterocycles. The van der Waals surface area contributed by atoms with E-state index in [1.165, 1.54) is 11.3 Å². The first-order valence-electron chi connectivity index (χ1n) is 7.40. The Kier molecular flexibility index (Phi) is 4.83. The van der Waals surface area contributed by atoms with E-state index < -0.39 is 0 Å². The normalized spacial score (nSPS) is 25.4. The van der Waals surface area contributed by atoms with Crippen molar-refractivity contribution in [3.8, 4) is 0 Å². The van der Waals surface area contributed by atoms with Gasteiger partial charge < -0.3 is 15.4 Å². The molecule has 0 aliphatic carbocycles. The fourth-order valence-electron chi connectivity index (χ4n) is 2.76. The molecular weight excluding hydrogens is 236 g/mol. The van der Waals surface area contributed by atoms with Gasteiger partial charge in [0.05, 0.1) is 18.8 Å². The predicted octanol–water partition coefficient (Wildman–Crippen LogP) is 3.10. The third-order valence-electron chi connectivity index (χ3n) is 4.02. The molecule has 2 N–H and O–H groups in total. The van der Waals surface area contributed by atoms with Gasteiger partial charge in [0.2, 0.25) is 0 Å². The van der Waals surface area contributed by atoms with E-state index in [9.17, 15) is 0 Å². The molecule has 1 aromatic carbocycles. The maximum atomic E-state index is 6.27. The molecule has 0 radical (unpaired) electrons. The number of hydrogen-bond donors (Lipinski definition) is 1. The SMILES string of the molecule is CCC1COC(C)CN1c1ccccc1[C@H](N)CC. The lowest BCUT2D eigenvalue weighted by Gasteiger charge is -2.41. The third-order valence-corrected chi connectivity index (χ3v) is 4.02. The molecule has 106 valence electrons. The highest BCUT2D eigenvalue weighted by atomic mass is 16.5. The summed E-state index contributed by atoms with van der Waals surface area (Å²) in [5, 5.41) is 0. The van der Waals surface area contributed by atoms with Crippen LogP contribution in [0.2, 0.25) is 0 Å². The molecule has 0 aromatic heterocycles. The van der Waals surface area contributed by atoms with E-state index >= 15 is 0 Å². The molecule has 1 saturated heterocycles. The molecule has 0 amide bonds. The largest absolute Gasteiger partial charge is 0.375 e. The van der Waals surface area contributed by atoms with Gasteiger partial charge in [-0.2, -0.15) is 0 Å². The van der Waals surface area contributed by atoms with Crippen LogP contribution in [0, 0.1) is 0 Å². The Labute approximate surface area is 116 Å². The van der Waals surface area contributed by atoms with Gasteiger partial charge in [-0.15, -0.1) is 0 Å². The Bertz CT molecular complexity index is 407. The zero-order valence-corrected chi connectivity index (χ0v) is 12.3. The van der Waals surface area contributed by atoms with Gasteiger partial charge >= 0.3 is 0 Å². The Hall–Kier alpha value is -1.06. The van der Waals surface area contributed by atoms with Gasteiger partial charge in [-0.05, 0) is 31.4 Å². The minimum atomic E-state index is 0.117. The van der Waals surface area contributed by atoms with Crippen molar-refractivity contribution < 1.29 is 4.74 Å². The van der Waals surface area contributed by atoms with E-state index in [0.717, 1.165) is 26.0 Å². The lowest BCUT2D eigenvalue weighted by atomic mass is 10.00. The zero-order valence-electron chi connectivity index (χ0n) is 12.3. The number of benzene rings is 1. The first-order valence-corrected chi connectivity index (χ1v) is 7.40. The highest BCUT2D eigenvalue weighted by Crippen LogP contribution is 2.30. The van der Waals surface area contributed by atoms with Crippen LogP contribution in [0.5, 0.6) is 0 Å². The first kappa shape index (κ1) is 14.4. The topological polar surface area (TPSA) is 38.5 Å². The molecule has 0 saturated carbocycles. The summed E-state index contributed by atoms with van der Waals surface area (Å²) >= 11 is 0. The Morgan fingerprint density at radius 2 is 2.11 bits per heavy atom. The van der Waals surface area contributed by atoms with Crippen LogP contribution in [0.1, 0.15) is 45.2 Å². The number of para-hydroxylation sites is 1. The van der Waals surface area contributed by atoms with Gasteiger partial charge in [0.1, 0.15) is 0 Å². The summed E-state index contributed by atoms with van der Waals surface area (Å²) in [6.07, 6.45) is 2.35. The second-order valence-corrected chi connectivity index (χ2v) is 5.43. The van der Waals surface area contributed by atoms with E-state index in [-0.39, 0.29) is 12.1 Å². The summed E-state index contributed by atoms with van der Waals surface area (Å²) < 4.78 is 5.79. The summed E-state index contributed by atoms with van der Waals surface area (Å²) in [6, 6.07) is 9.13. The number of morpholine rings is 1. The van der Waals surface area contributed by atoms with Crippen LogP contribution < -0.4 is 10.6 Å². The third kappa shape index (κ3) is 3.10. The number of anilines is 1. The average Bonchev–Trinajstić information content (AvgIpc) is 2.46. The highest BCUT2D eigenvalue weighted by molar-refractivity contribution is 5.56. The van der Waals surface area contributed by atoms with Gasteiger partial charge in [0, 0.05) is 18.3 Å². The van der Waals surface area contributed by atoms with Gasteiger partial charge in [0.15, 0.2) is 0 Å². The minimum absolute atomic E-state index is 0.117. The van der Waals surface area contributed by atoms with E-state index in [2.05, 4.69) is 49.9 Å². The molecule has 3 nitrogen and oxygen atoms in total. The van der Waals surface area contributed by atoms with Crippen LogP contribution in [0.3, 0.4) is 0 Å². The molecule has 3 atom stereocenters. The van der Waals surface area contributed by atoms with Crippen molar-refractivity contribution >= 4 is 5.69 Å². The second kappa shape index (κ2) is 6.40. The molecule has 0 bridgehead atoms. The van der Waals surface area contributed by atoms with E-state index in [0.29, 0.717) is 6.04 Å². The maximum Gasteiger partial charge on any atom is 0.0723 e. The van der Waals surface area contributed by atoms with Crippen LogP contribution in [0.25, 0.3) is 0 Å². The summed E-state index contributed by atoms with van der Waals surface area (Å²) in [6.45, 7) is 8.26. The van der Waals surface area contributed by atoms with Crippen molar-refractivity contribution in [1.82, 2.24) is 0 Å². The molecule has 1 heterocycles. The lowest BCUT2D eigenvalue weighted by Crippen LogP contribution is -2.49. The maximum absolute atomic E-state index is 6.27. The minimum Gasteiger partial charge on any atom is -0.375 e. The fraction of sp³-hybridized carbons (Fsp3) is 0.625. The standard InChI is InChI=1S/C16H26N2O/c1-4-13-11-19-12(3)10-18(13)16-9-7-6-8-14(16)15(17)5-2/h6-9,12-13,15H,4-5,10-11,17H2,1-3H3/t12?,13?,15-/m1/s1. The number of nitrogens with zero attached hydrogens (tertiary/aromatic N) is 1. The highest BCUT2D eigenvalue weighted by Gasteiger charge is 2.27. The lowest BCUT2D eigenvalue weighted by molar-refractivity contribution is 0.0298. The number of ether oxygens (including phenoxy) is 1. The molecule has 2 unspecified atom stereocenters. The Morgan fingerprint density at radius 1 is 1.37 bits per heavy atom. The van der Waals surface area contributed by atoms with Crippen LogP contribution >= 0.6 is 0 Å². The molecular formula is C16H26N2O. The van der Waals surface area contributed by atoms with Crippen LogP contribution in [0.15, 0.2) is 24.3 Å². The summed E-state index contributed by atoms with van der Waals surface area (Å²) in [5.41, 5.74) is 8.82. The monoisotopic (exact) mass is 262 g/mol. The number of nitrogens with two attached hydrogens (primary N) is 1. The zero-order chi connectivity index (χ0) is 13.8. The fourth-order valence-corrected chi connectivity index (χ4v) is 2.76. The molecule has 1 aliphatic rings. The van der Waals surface area contributed by atoms with Crippen molar-refractivity contribution in [2.24, 2.45) is 5.73 Å². The smallest absolute Gasteiger partial charge is 0.0723 e. The van der Waals surface area contributed by atoms with Crippen molar-refractivity contribution in [1.29, 1.82) is 0 Å². The van der Waals surface area contributed by atoms with Crippen molar-refractivity contribution in [3.63, 3.8) is 0 Å². The molecule has 19 heavy (non-hydrogen) atoms. The number of rotatable bonds is 4.